The molecule has 2 aromatic rings. The third kappa shape index (κ3) is 5.96. The van der Waals surface area contributed by atoms with Crippen LogP contribution in [0.4, 0.5) is 13.2 Å². The lowest BCUT2D eigenvalue weighted by Crippen LogP contribution is -2.45. The molecule has 31 heavy (non-hydrogen) atoms. The van der Waals surface area contributed by atoms with Gasteiger partial charge in [0.25, 0.3) is 0 Å². The molecule has 1 saturated heterocycles. The van der Waals surface area contributed by atoms with Gasteiger partial charge in [-0.25, -0.2) is 0 Å². The Labute approximate surface area is 178 Å². The summed E-state index contributed by atoms with van der Waals surface area (Å²) in [5.41, 5.74) is 0.128. The van der Waals surface area contributed by atoms with Crippen molar-refractivity contribution in [3.05, 3.63) is 59.9 Å². The van der Waals surface area contributed by atoms with Crippen LogP contribution in [-0.4, -0.2) is 35.6 Å². The highest BCUT2D eigenvalue weighted by molar-refractivity contribution is 5.80. The van der Waals surface area contributed by atoms with Crippen molar-refractivity contribution in [2.45, 2.75) is 49.9 Å². The molecule has 2 amide bonds. The summed E-state index contributed by atoms with van der Waals surface area (Å²) in [7, 11) is 1.56. The molecule has 2 heterocycles. The van der Waals surface area contributed by atoms with Crippen molar-refractivity contribution in [2.75, 3.05) is 7.11 Å². The van der Waals surface area contributed by atoms with Gasteiger partial charge in [0.2, 0.25) is 11.8 Å². The van der Waals surface area contributed by atoms with Crippen LogP contribution in [0.15, 0.2) is 48.8 Å². The smallest absolute Gasteiger partial charge is 0.412 e. The van der Waals surface area contributed by atoms with Gasteiger partial charge in [0.15, 0.2) is 6.04 Å². The molecule has 0 aliphatic carbocycles. The minimum Gasteiger partial charge on any atom is -0.497 e. The first-order chi connectivity index (χ1) is 14.7. The van der Waals surface area contributed by atoms with Gasteiger partial charge in [0.05, 0.1) is 7.11 Å². The molecule has 1 aliphatic heterocycles. The summed E-state index contributed by atoms with van der Waals surface area (Å²) < 4.78 is 45.6. The molecule has 0 bridgehead atoms. The summed E-state index contributed by atoms with van der Waals surface area (Å²) in [4.78, 5) is 28.0. The first kappa shape index (κ1) is 22.6. The van der Waals surface area contributed by atoms with Gasteiger partial charge in [-0.1, -0.05) is 18.2 Å². The van der Waals surface area contributed by atoms with Crippen LogP contribution in [0, 0.1) is 0 Å². The summed E-state index contributed by atoms with van der Waals surface area (Å²) >= 11 is 0. The molecule has 1 fully saturated rings. The second-order valence-corrected chi connectivity index (χ2v) is 7.68. The largest absolute Gasteiger partial charge is 0.497 e. The maximum absolute atomic E-state index is 13.5. The molecule has 0 spiro atoms. The molecule has 9 heteroatoms. The van der Waals surface area contributed by atoms with Crippen molar-refractivity contribution in [3.8, 4) is 5.75 Å². The molecule has 2 N–H and O–H groups in total. The van der Waals surface area contributed by atoms with Gasteiger partial charge >= 0.3 is 6.18 Å². The number of methoxy groups -OCH3 is 1. The minimum absolute atomic E-state index is 0.127. The van der Waals surface area contributed by atoms with Gasteiger partial charge in [-0.3, -0.25) is 14.6 Å². The number of pyridine rings is 1. The fraction of sp³-hybridized carbons (Fsp3) is 0.409. The van der Waals surface area contributed by atoms with Gasteiger partial charge in [-0.05, 0) is 43.0 Å². The summed E-state index contributed by atoms with van der Waals surface area (Å²) in [6.45, 7) is 0. The fourth-order valence-electron chi connectivity index (χ4n) is 3.80. The van der Waals surface area contributed by atoms with E-state index in [0.29, 0.717) is 25.0 Å². The van der Waals surface area contributed by atoms with E-state index in [4.69, 9.17) is 4.74 Å². The quantitative estimate of drug-likeness (QED) is 0.665. The molecule has 1 aliphatic rings. The first-order valence-corrected chi connectivity index (χ1v) is 9.91. The zero-order chi connectivity index (χ0) is 22.5. The van der Waals surface area contributed by atoms with Gasteiger partial charge < -0.3 is 15.4 Å². The van der Waals surface area contributed by atoms with E-state index in [0.717, 1.165) is 11.8 Å². The number of halogens is 3. The molecule has 1 aromatic heterocycles. The van der Waals surface area contributed by atoms with E-state index in [1.807, 2.05) is 12.1 Å². The molecule has 6 nitrogen and oxygen atoms in total. The monoisotopic (exact) mass is 435 g/mol. The normalized spacial score (nSPS) is 19.5. The number of nitrogens with zero attached hydrogens (tertiary/aromatic N) is 1. The van der Waals surface area contributed by atoms with Crippen molar-refractivity contribution in [1.82, 2.24) is 15.6 Å². The predicted octanol–water partition coefficient (Wildman–Crippen LogP) is 3.48. The van der Waals surface area contributed by atoms with Crippen molar-refractivity contribution in [3.63, 3.8) is 0 Å². The summed E-state index contributed by atoms with van der Waals surface area (Å²) in [6, 6.07) is 7.86. The number of hydrogen-bond donors (Lipinski definition) is 2. The number of amides is 2. The first-order valence-electron chi connectivity index (χ1n) is 9.91. The molecule has 3 rings (SSSR count). The van der Waals surface area contributed by atoms with E-state index < -0.39 is 23.7 Å². The Morgan fingerprint density at radius 1 is 1.29 bits per heavy atom. The van der Waals surface area contributed by atoms with Gasteiger partial charge in [-0.15, -0.1) is 0 Å². The van der Waals surface area contributed by atoms with E-state index in [1.165, 1.54) is 18.3 Å². The average Bonchev–Trinajstić information content (AvgIpc) is 3.11. The van der Waals surface area contributed by atoms with E-state index in [9.17, 15) is 22.8 Å². The number of ether oxygens (including phenoxy) is 1. The Morgan fingerprint density at radius 3 is 2.58 bits per heavy atom. The molecule has 0 radical (unpaired) electrons. The Hall–Kier alpha value is -3.10. The van der Waals surface area contributed by atoms with Crippen LogP contribution >= 0.6 is 0 Å². The van der Waals surface area contributed by atoms with E-state index in [2.05, 4.69) is 15.6 Å². The molecule has 2 atom stereocenters. The maximum atomic E-state index is 13.5. The lowest BCUT2D eigenvalue weighted by molar-refractivity contribution is -0.163. The topological polar surface area (TPSA) is 80.3 Å². The fourth-order valence-corrected chi connectivity index (χ4v) is 3.80. The molecular formula is C22H24F3N3O3. The van der Waals surface area contributed by atoms with Gasteiger partial charge in [0, 0.05) is 36.3 Å². The average molecular weight is 435 g/mol. The molecule has 2 unspecified atom stereocenters. The van der Waals surface area contributed by atoms with Gasteiger partial charge in [-0.2, -0.15) is 13.2 Å². The Bertz CT molecular complexity index is 904. The number of alkyl halides is 3. The van der Waals surface area contributed by atoms with Crippen LogP contribution in [0.3, 0.4) is 0 Å². The zero-order valence-electron chi connectivity index (χ0n) is 17.0. The third-order valence-electron chi connectivity index (χ3n) is 5.42. The SMILES string of the molecule is COc1ccc(CC2(CCC(=O)NC(c3cccnc3)C(F)(F)F)CCC(=O)N2)cc1. The standard InChI is InChI=1S/C22H24F3N3O3/c1-31-17-6-4-15(5-7-17)13-21(11-9-19(30)28-21)10-8-18(29)27-20(22(23,24)25)16-3-2-12-26-14-16/h2-7,12,14,20H,8-11,13H2,1H3,(H,27,29)(H,28,30). The number of rotatable bonds is 8. The highest BCUT2D eigenvalue weighted by Gasteiger charge is 2.43. The van der Waals surface area contributed by atoms with Crippen LogP contribution in [0.1, 0.15) is 42.9 Å². The Morgan fingerprint density at radius 2 is 2.03 bits per heavy atom. The van der Waals surface area contributed by atoms with E-state index in [1.54, 1.807) is 19.2 Å². The van der Waals surface area contributed by atoms with Gasteiger partial charge in [0.1, 0.15) is 5.75 Å². The molecule has 0 saturated carbocycles. The highest BCUT2D eigenvalue weighted by Crippen LogP contribution is 2.33. The van der Waals surface area contributed by atoms with Crippen molar-refractivity contribution >= 4 is 11.8 Å². The van der Waals surface area contributed by atoms with Crippen molar-refractivity contribution < 1.29 is 27.5 Å². The van der Waals surface area contributed by atoms with Crippen molar-refractivity contribution in [1.29, 1.82) is 0 Å². The van der Waals surface area contributed by atoms with Crippen LogP contribution < -0.4 is 15.4 Å². The Balaban J connectivity index is 1.68. The second kappa shape index (κ2) is 9.36. The Kier molecular flexibility index (Phi) is 6.82. The molecule has 1 aromatic carbocycles. The number of benzene rings is 1. The lowest BCUT2D eigenvalue weighted by Gasteiger charge is -2.30. The van der Waals surface area contributed by atoms with Crippen molar-refractivity contribution in [2.24, 2.45) is 0 Å². The molecular weight excluding hydrogens is 411 g/mol. The summed E-state index contributed by atoms with van der Waals surface area (Å²) in [6.07, 6.45) is -0.819. The number of aromatic nitrogens is 1. The maximum Gasteiger partial charge on any atom is 0.412 e. The predicted molar refractivity (Wildman–Crippen MR) is 107 cm³/mol. The van der Waals surface area contributed by atoms with Crippen LogP contribution in [0.5, 0.6) is 5.75 Å². The van der Waals surface area contributed by atoms with E-state index in [-0.39, 0.29) is 24.3 Å². The minimum atomic E-state index is -4.65. The summed E-state index contributed by atoms with van der Waals surface area (Å²) in [5.74, 6) is -0.167. The number of hydrogen-bond acceptors (Lipinski definition) is 4. The summed E-state index contributed by atoms with van der Waals surface area (Å²) in [5, 5.41) is 5.00. The second-order valence-electron chi connectivity index (χ2n) is 7.68. The third-order valence-corrected chi connectivity index (χ3v) is 5.42. The lowest BCUT2D eigenvalue weighted by atomic mass is 9.85. The number of carbonyl (C=O) groups is 2. The number of nitrogens with one attached hydrogen (secondary N) is 2. The van der Waals surface area contributed by atoms with E-state index >= 15 is 0 Å². The van der Waals surface area contributed by atoms with Crippen LogP contribution in [0.25, 0.3) is 0 Å². The zero-order valence-corrected chi connectivity index (χ0v) is 17.0. The highest BCUT2D eigenvalue weighted by atomic mass is 19.4. The molecule has 166 valence electrons. The number of carbonyl (C=O) groups excluding carboxylic acids is 2. The van der Waals surface area contributed by atoms with Crippen LogP contribution in [-0.2, 0) is 16.0 Å². The van der Waals surface area contributed by atoms with Crippen LogP contribution in [0.2, 0.25) is 0 Å².